The number of nitro groups is 1. The van der Waals surface area contributed by atoms with Gasteiger partial charge in [-0.05, 0) is 24.3 Å². The molecule has 7 nitrogen and oxygen atoms in total. The van der Waals surface area contributed by atoms with Crippen LogP contribution in [-0.4, -0.2) is 17.1 Å². The van der Waals surface area contributed by atoms with Gasteiger partial charge in [-0.2, -0.15) is 0 Å². The van der Waals surface area contributed by atoms with Gasteiger partial charge in [0.15, 0.2) is 0 Å². The van der Waals surface area contributed by atoms with E-state index in [1.807, 2.05) is 0 Å². The van der Waals surface area contributed by atoms with Crippen molar-refractivity contribution in [1.29, 1.82) is 0 Å². The van der Waals surface area contributed by atoms with E-state index in [1.165, 1.54) is 49.8 Å². The van der Waals surface area contributed by atoms with E-state index in [-0.39, 0.29) is 28.0 Å². The highest BCUT2D eigenvalue weighted by atomic mass is 16.6. The molecular weight excluding hydrogens is 302 g/mol. The molecule has 0 radical (unpaired) electrons. The van der Waals surface area contributed by atoms with E-state index in [1.54, 1.807) is 0 Å². The third-order valence-electron chi connectivity index (χ3n) is 3.44. The minimum Gasteiger partial charge on any atom is -0.508 e. The minimum atomic E-state index is -0.558. The van der Waals surface area contributed by atoms with Crippen LogP contribution in [0.3, 0.4) is 0 Å². The maximum absolute atomic E-state index is 12.6. The maximum atomic E-state index is 12.6. The topological polar surface area (TPSA) is 103 Å². The van der Waals surface area contributed by atoms with Crippen molar-refractivity contribution in [3.05, 3.63) is 63.0 Å². The van der Waals surface area contributed by atoms with Gasteiger partial charge in [-0.3, -0.25) is 14.9 Å². The van der Waals surface area contributed by atoms with Crippen LogP contribution in [0.4, 0.5) is 5.69 Å². The van der Waals surface area contributed by atoms with E-state index in [9.17, 15) is 20.0 Å². The third-order valence-corrected chi connectivity index (χ3v) is 3.44. The molecule has 23 heavy (non-hydrogen) atoms. The van der Waals surface area contributed by atoms with Gasteiger partial charge >= 0.3 is 0 Å². The summed E-state index contributed by atoms with van der Waals surface area (Å²) in [6.45, 7) is 0. The van der Waals surface area contributed by atoms with Crippen LogP contribution in [0.1, 0.15) is 0 Å². The average molecular weight is 313 g/mol. The Morgan fingerprint density at radius 1 is 1.17 bits per heavy atom. The summed E-state index contributed by atoms with van der Waals surface area (Å²) in [7, 11) is 1.40. The molecule has 0 atom stereocenters. The van der Waals surface area contributed by atoms with Gasteiger partial charge in [0.2, 0.25) is 5.43 Å². The number of fused-ring (bicyclic) bond motifs is 1. The Bertz CT molecular complexity index is 976. The molecule has 0 amide bonds. The second kappa shape index (κ2) is 5.45. The summed E-state index contributed by atoms with van der Waals surface area (Å²) in [5, 5.41) is 20.7. The van der Waals surface area contributed by atoms with Crippen LogP contribution < -0.4 is 10.2 Å². The highest BCUT2D eigenvalue weighted by Crippen LogP contribution is 2.32. The van der Waals surface area contributed by atoms with E-state index in [0.717, 1.165) is 0 Å². The van der Waals surface area contributed by atoms with Crippen LogP contribution in [0.15, 0.2) is 51.9 Å². The zero-order valence-corrected chi connectivity index (χ0v) is 12.0. The second-order valence-corrected chi connectivity index (χ2v) is 4.80. The van der Waals surface area contributed by atoms with E-state index in [4.69, 9.17) is 9.15 Å². The van der Waals surface area contributed by atoms with Gasteiger partial charge in [0.1, 0.15) is 23.3 Å². The lowest BCUT2D eigenvalue weighted by Gasteiger charge is -2.08. The van der Waals surface area contributed by atoms with Crippen molar-refractivity contribution in [2.75, 3.05) is 7.11 Å². The Hall–Kier alpha value is -3.35. The summed E-state index contributed by atoms with van der Waals surface area (Å²) in [5.41, 5.74) is 0.0856. The number of hydrogen-bond donors (Lipinski definition) is 1. The molecule has 0 spiro atoms. The van der Waals surface area contributed by atoms with E-state index in [0.29, 0.717) is 11.3 Å². The van der Waals surface area contributed by atoms with Crippen molar-refractivity contribution < 1.29 is 19.2 Å². The number of methoxy groups -OCH3 is 1. The summed E-state index contributed by atoms with van der Waals surface area (Å²) < 4.78 is 10.6. The molecule has 116 valence electrons. The number of phenols is 1. The zero-order chi connectivity index (χ0) is 16.6. The number of nitro benzene ring substituents is 1. The smallest absolute Gasteiger partial charge is 0.270 e. The van der Waals surface area contributed by atoms with Crippen molar-refractivity contribution in [2.45, 2.75) is 0 Å². The molecular formula is C16H11NO6. The first-order valence-electron chi connectivity index (χ1n) is 6.58. The monoisotopic (exact) mass is 313 g/mol. The Kier molecular flexibility index (Phi) is 3.46. The van der Waals surface area contributed by atoms with Gasteiger partial charge in [-0.1, -0.05) is 0 Å². The van der Waals surface area contributed by atoms with Crippen LogP contribution in [-0.2, 0) is 0 Å². The predicted octanol–water partition coefficient (Wildman–Crippen LogP) is 3.08. The first-order valence-corrected chi connectivity index (χ1v) is 6.58. The molecule has 0 saturated carbocycles. The molecule has 0 saturated heterocycles. The lowest BCUT2D eigenvalue weighted by atomic mass is 10.0. The molecule has 0 unspecified atom stereocenters. The standard InChI is InChI=1S/C16H11NO6/c1-22-14-4-2-9(17(20)21)6-11(14)13-8-23-15-5-3-10(18)7-12(15)16(13)19/h2-8,18H,1H3. The summed E-state index contributed by atoms with van der Waals surface area (Å²) in [4.78, 5) is 23.0. The minimum absolute atomic E-state index is 0.0760. The molecule has 1 aromatic heterocycles. The molecule has 2 aromatic carbocycles. The number of benzene rings is 2. The number of rotatable bonds is 3. The molecule has 0 aliphatic rings. The number of phenolic OH excluding ortho intramolecular Hbond substituents is 1. The Morgan fingerprint density at radius 2 is 1.96 bits per heavy atom. The largest absolute Gasteiger partial charge is 0.508 e. The van der Waals surface area contributed by atoms with Crippen molar-refractivity contribution in [3.8, 4) is 22.6 Å². The van der Waals surface area contributed by atoms with Crippen LogP contribution in [0, 0.1) is 10.1 Å². The van der Waals surface area contributed by atoms with Gasteiger partial charge in [0.25, 0.3) is 5.69 Å². The second-order valence-electron chi connectivity index (χ2n) is 4.80. The molecule has 0 aliphatic carbocycles. The molecule has 0 bridgehead atoms. The molecule has 0 fully saturated rings. The van der Waals surface area contributed by atoms with Gasteiger partial charge < -0.3 is 14.3 Å². The summed E-state index contributed by atoms with van der Waals surface area (Å²) in [5.74, 6) is 0.232. The van der Waals surface area contributed by atoms with Crippen molar-refractivity contribution in [1.82, 2.24) is 0 Å². The SMILES string of the molecule is COc1ccc([N+](=O)[O-])cc1-c1coc2ccc(O)cc2c1=O. The Balaban J connectivity index is 2.32. The van der Waals surface area contributed by atoms with Crippen molar-refractivity contribution >= 4 is 16.7 Å². The fourth-order valence-electron chi connectivity index (χ4n) is 2.33. The van der Waals surface area contributed by atoms with Gasteiger partial charge in [-0.25, -0.2) is 0 Å². The first-order chi connectivity index (χ1) is 11.0. The highest BCUT2D eigenvalue weighted by molar-refractivity contribution is 5.84. The van der Waals surface area contributed by atoms with E-state index < -0.39 is 10.4 Å². The molecule has 1 N–H and O–H groups in total. The fourth-order valence-corrected chi connectivity index (χ4v) is 2.33. The summed E-state index contributed by atoms with van der Waals surface area (Å²) in [6, 6.07) is 8.12. The normalized spacial score (nSPS) is 10.7. The summed E-state index contributed by atoms with van der Waals surface area (Å²) in [6.07, 6.45) is 1.23. The molecule has 3 aromatic rings. The van der Waals surface area contributed by atoms with Crippen LogP contribution >= 0.6 is 0 Å². The number of non-ortho nitro benzene ring substituents is 1. The quantitative estimate of drug-likeness (QED) is 0.588. The third kappa shape index (κ3) is 2.48. The highest BCUT2D eigenvalue weighted by Gasteiger charge is 2.17. The Labute approximate surface area is 129 Å². The molecule has 1 heterocycles. The fraction of sp³-hybridized carbons (Fsp3) is 0.0625. The first kappa shape index (κ1) is 14.6. The number of aromatic hydroxyl groups is 1. The predicted molar refractivity (Wildman–Crippen MR) is 82.8 cm³/mol. The van der Waals surface area contributed by atoms with E-state index in [2.05, 4.69) is 0 Å². The van der Waals surface area contributed by atoms with Crippen LogP contribution in [0.25, 0.3) is 22.1 Å². The van der Waals surface area contributed by atoms with Gasteiger partial charge in [-0.15, -0.1) is 0 Å². The summed E-state index contributed by atoms with van der Waals surface area (Å²) >= 11 is 0. The van der Waals surface area contributed by atoms with Crippen LogP contribution in [0.5, 0.6) is 11.5 Å². The van der Waals surface area contributed by atoms with Gasteiger partial charge in [0.05, 0.1) is 23.0 Å². The average Bonchev–Trinajstić information content (AvgIpc) is 2.55. The van der Waals surface area contributed by atoms with Gasteiger partial charge in [0, 0.05) is 17.7 Å². The maximum Gasteiger partial charge on any atom is 0.270 e. The van der Waals surface area contributed by atoms with Crippen LogP contribution in [0.2, 0.25) is 0 Å². The van der Waals surface area contributed by atoms with Crippen molar-refractivity contribution in [3.63, 3.8) is 0 Å². The lowest BCUT2D eigenvalue weighted by Crippen LogP contribution is -2.06. The van der Waals surface area contributed by atoms with Crippen molar-refractivity contribution in [2.24, 2.45) is 0 Å². The zero-order valence-electron chi connectivity index (χ0n) is 12.0. The number of ether oxygens (including phenoxy) is 1. The molecule has 3 rings (SSSR count). The Morgan fingerprint density at radius 3 is 2.65 bits per heavy atom. The molecule has 7 heteroatoms. The van der Waals surface area contributed by atoms with E-state index >= 15 is 0 Å². The lowest BCUT2D eigenvalue weighted by molar-refractivity contribution is -0.384. The number of nitrogens with zero attached hydrogens (tertiary/aromatic N) is 1. The number of hydrogen-bond acceptors (Lipinski definition) is 6. The molecule has 0 aliphatic heterocycles.